The van der Waals surface area contributed by atoms with Gasteiger partial charge in [-0.2, -0.15) is 11.8 Å². The number of thioether (sulfide) groups is 1. The fourth-order valence-corrected chi connectivity index (χ4v) is 2.11. The van der Waals surface area contributed by atoms with E-state index in [1.54, 1.807) is 17.8 Å². The number of phenolic OH excluding ortho intramolecular Hbond substituents is 1. The Kier molecular flexibility index (Phi) is 4.15. The van der Waals surface area contributed by atoms with Gasteiger partial charge in [0.1, 0.15) is 0 Å². The number of hydrogen-bond acceptors (Lipinski definition) is 3. The first-order chi connectivity index (χ1) is 8.31. The van der Waals surface area contributed by atoms with Crippen molar-refractivity contribution in [3.8, 4) is 11.5 Å². The van der Waals surface area contributed by atoms with Crippen molar-refractivity contribution in [2.24, 2.45) is 0 Å². The molecule has 0 aliphatic heterocycles. The maximum Gasteiger partial charge on any atom is 0.161 e. The first-order valence-corrected chi connectivity index (χ1v) is 7.04. The fraction of sp³-hybridized carbons (Fsp3) is 0.286. The van der Waals surface area contributed by atoms with E-state index in [-0.39, 0.29) is 5.75 Å². The van der Waals surface area contributed by atoms with E-state index in [4.69, 9.17) is 4.74 Å². The van der Waals surface area contributed by atoms with E-state index in [2.05, 4.69) is 6.26 Å². The Labute approximate surface area is 106 Å². The molecule has 17 heavy (non-hydrogen) atoms. The number of ether oxygens (including phenoxy) is 1. The van der Waals surface area contributed by atoms with E-state index in [1.807, 2.05) is 30.3 Å². The Hall–Kier alpha value is -1.35. The van der Waals surface area contributed by atoms with E-state index in [0.29, 0.717) is 12.4 Å². The van der Waals surface area contributed by atoms with Gasteiger partial charge in [0, 0.05) is 0 Å². The molecule has 0 saturated carbocycles. The van der Waals surface area contributed by atoms with Crippen molar-refractivity contribution in [1.29, 1.82) is 0 Å². The maximum atomic E-state index is 9.83. The third-order valence-electron chi connectivity index (χ3n) is 2.58. The molecule has 0 aromatic heterocycles. The SMILES string of the molecule is CSCCCOc1cc2ccccc2cc1O. The largest absolute Gasteiger partial charge is 0.504 e. The zero-order valence-electron chi connectivity index (χ0n) is 9.85. The lowest BCUT2D eigenvalue weighted by molar-refractivity contribution is 0.301. The zero-order chi connectivity index (χ0) is 12.1. The molecule has 0 spiro atoms. The second-order valence-electron chi connectivity index (χ2n) is 3.86. The Morgan fingerprint density at radius 2 is 1.88 bits per heavy atom. The zero-order valence-corrected chi connectivity index (χ0v) is 10.7. The number of benzene rings is 2. The van der Waals surface area contributed by atoms with Gasteiger partial charge in [0.25, 0.3) is 0 Å². The molecule has 0 aliphatic rings. The second-order valence-corrected chi connectivity index (χ2v) is 4.85. The molecule has 3 heteroatoms. The minimum absolute atomic E-state index is 0.216. The normalized spacial score (nSPS) is 10.6. The number of fused-ring (bicyclic) bond motifs is 1. The number of rotatable bonds is 5. The van der Waals surface area contributed by atoms with Gasteiger partial charge in [-0.15, -0.1) is 0 Å². The van der Waals surface area contributed by atoms with Gasteiger partial charge in [-0.25, -0.2) is 0 Å². The summed E-state index contributed by atoms with van der Waals surface area (Å²) in [5.74, 6) is 1.87. The highest BCUT2D eigenvalue weighted by atomic mass is 32.2. The van der Waals surface area contributed by atoms with Gasteiger partial charge in [-0.3, -0.25) is 0 Å². The highest BCUT2D eigenvalue weighted by Gasteiger charge is 2.04. The molecule has 0 fully saturated rings. The van der Waals surface area contributed by atoms with Crippen LogP contribution in [0.25, 0.3) is 10.8 Å². The summed E-state index contributed by atoms with van der Waals surface area (Å²) in [5.41, 5.74) is 0. The second kappa shape index (κ2) is 5.82. The van der Waals surface area contributed by atoms with Gasteiger partial charge in [-0.05, 0) is 41.3 Å². The predicted molar refractivity (Wildman–Crippen MR) is 74.1 cm³/mol. The summed E-state index contributed by atoms with van der Waals surface area (Å²) in [5, 5.41) is 12.0. The molecule has 0 bridgehead atoms. The Balaban J connectivity index is 2.14. The average molecular weight is 248 g/mol. The van der Waals surface area contributed by atoms with Crippen molar-refractivity contribution in [3.05, 3.63) is 36.4 Å². The summed E-state index contributed by atoms with van der Waals surface area (Å²) in [6, 6.07) is 11.6. The van der Waals surface area contributed by atoms with Crippen molar-refractivity contribution in [2.75, 3.05) is 18.6 Å². The van der Waals surface area contributed by atoms with Crippen LogP contribution in [0.2, 0.25) is 0 Å². The maximum absolute atomic E-state index is 9.83. The number of aromatic hydroxyl groups is 1. The van der Waals surface area contributed by atoms with E-state index in [0.717, 1.165) is 22.9 Å². The van der Waals surface area contributed by atoms with Crippen LogP contribution in [-0.2, 0) is 0 Å². The van der Waals surface area contributed by atoms with Crippen LogP contribution < -0.4 is 4.74 Å². The minimum Gasteiger partial charge on any atom is -0.504 e. The summed E-state index contributed by atoms with van der Waals surface area (Å²) in [4.78, 5) is 0. The van der Waals surface area contributed by atoms with Gasteiger partial charge >= 0.3 is 0 Å². The average Bonchev–Trinajstić information content (AvgIpc) is 2.35. The summed E-state index contributed by atoms with van der Waals surface area (Å²) in [6.45, 7) is 0.646. The van der Waals surface area contributed by atoms with E-state index >= 15 is 0 Å². The Bertz CT molecular complexity index is 497. The molecular weight excluding hydrogens is 232 g/mol. The van der Waals surface area contributed by atoms with Crippen LogP contribution >= 0.6 is 11.8 Å². The first-order valence-electron chi connectivity index (χ1n) is 5.65. The van der Waals surface area contributed by atoms with E-state index < -0.39 is 0 Å². The van der Waals surface area contributed by atoms with Gasteiger partial charge in [0.2, 0.25) is 0 Å². The molecule has 0 aliphatic carbocycles. The lowest BCUT2D eigenvalue weighted by Gasteiger charge is -2.09. The van der Waals surface area contributed by atoms with Crippen molar-refractivity contribution in [3.63, 3.8) is 0 Å². The predicted octanol–water partition coefficient (Wildman–Crippen LogP) is 3.68. The molecule has 2 nitrogen and oxygen atoms in total. The molecule has 0 unspecified atom stereocenters. The summed E-state index contributed by atoms with van der Waals surface area (Å²) in [6.07, 6.45) is 3.07. The molecule has 0 radical (unpaired) electrons. The molecular formula is C14H16O2S. The monoisotopic (exact) mass is 248 g/mol. The van der Waals surface area contributed by atoms with Crippen molar-refractivity contribution < 1.29 is 9.84 Å². The topological polar surface area (TPSA) is 29.5 Å². The molecule has 0 amide bonds. The number of phenols is 1. The summed E-state index contributed by atoms with van der Waals surface area (Å²) in [7, 11) is 0. The highest BCUT2D eigenvalue weighted by Crippen LogP contribution is 2.31. The van der Waals surface area contributed by atoms with Gasteiger partial charge in [-0.1, -0.05) is 24.3 Å². The molecule has 2 rings (SSSR count). The third-order valence-corrected chi connectivity index (χ3v) is 3.27. The smallest absolute Gasteiger partial charge is 0.161 e. The molecule has 0 atom stereocenters. The van der Waals surface area contributed by atoms with Crippen LogP contribution in [0.3, 0.4) is 0 Å². The van der Waals surface area contributed by atoms with Crippen molar-refractivity contribution >= 4 is 22.5 Å². The quantitative estimate of drug-likeness (QED) is 0.818. The van der Waals surface area contributed by atoms with Crippen LogP contribution in [-0.4, -0.2) is 23.7 Å². The van der Waals surface area contributed by atoms with Crippen molar-refractivity contribution in [2.45, 2.75) is 6.42 Å². The summed E-state index contributed by atoms with van der Waals surface area (Å²) >= 11 is 1.80. The first kappa shape index (κ1) is 12.1. The van der Waals surface area contributed by atoms with E-state index in [1.165, 1.54) is 0 Å². The fourth-order valence-electron chi connectivity index (χ4n) is 1.71. The molecule has 0 saturated heterocycles. The molecule has 2 aromatic rings. The van der Waals surface area contributed by atoms with Crippen LogP contribution in [0.15, 0.2) is 36.4 Å². The van der Waals surface area contributed by atoms with Gasteiger partial charge < -0.3 is 9.84 Å². The van der Waals surface area contributed by atoms with Crippen molar-refractivity contribution in [1.82, 2.24) is 0 Å². The number of hydrogen-bond donors (Lipinski definition) is 1. The van der Waals surface area contributed by atoms with Crippen LogP contribution in [0, 0.1) is 0 Å². The summed E-state index contributed by atoms with van der Waals surface area (Å²) < 4.78 is 5.58. The lowest BCUT2D eigenvalue weighted by atomic mass is 10.1. The van der Waals surface area contributed by atoms with Crippen LogP contribution in [0.1, 0.15) is 6.42 Å². The standard InChI is InChI=1S/C14H16O2S/c1-17-8-4-7-16-14-10-12-6-3-2-5-11(12)9-13(14)15/h2-3,5-6,9-10,15H,4,7-8H2,1H3. The Morgan fingerprint density at radius 1 is 1.18 bits per heavy atom. The molecule has 0 heterocycles. The lowest BCUT2D eigenvalue weighted by Crippen LogP contribution is -1.98. The van der Waals surface area contributed by atoms with Crippen LogP contribution in [0.5, 0.6) is 11.5 Å². The highest BCUT2D eigenvalue weighted by molar-refractivity contribution is 7.98. The molecule has 1 N–H and O–H groups in total. The van der Waals surface area contributed by atoms with Gasteiger partial charge in [0.15, 0.2) is 11.5 Å². The van der Waals surface area contributed by atoms with E-state index in [9.17, 15) is 5.11 Å². The third kappa shape index (κ3) is 3.07. The molecule has 2 aromatic carbocycles. The van der Waals surface area contributed by atoms with Crippen LogP contribution in [0.4, 0.5) is 0 Å². The molecule has 90 valence electrons. The minimum atomic E-state index is 0.216. The Morgan fingerprint density at radius 3 is 2.59 bits per heavy atom. The van der Waals surface area contributed by atoms with Gasteiger partial charge in [0.05, 0.1) is 6.61 Å².